The molecule has 0 bridgehead atoms. The van der Waals surface area contributed by atoms with Crippen LogP contribution in [-0.2, 0) is 11.3 Å². The van der Waals surface area contributed by atoms with Gasteiger partial charge in [-0.3, -0.25) is 9.69 Å². The molecule has 0 saturated carbocycles. The minimum Gasteiger partial charge on any atom is -0.497 e. The maximum absolute atomic E-state index is 12.8. The molecule has 124 valence electrons. The minimum atomic E-state index is -0.162. The molecule has 1 fully saturated rings. The third kappa shape index (κ3) is 3.14. The van der Waals surface area contributed by atoms with Gasteiger partial charge in [0.2, 0.25) is 5.91 Å². The van der Waals surface area contributed by atoms with Crippen LogP contribution < -0.4 is 9.64 Å². The van der Waals surface area contributed by atoms with Crippen LogP contribution in [0.3, 0.4) is 0 Å². The molecule has 2 aromatic rings. The lowest BCUT2D eigenvalue weighted by Gasteiger charge is -2.23. The van der Waals surface area contributed by atoms with Crippen molar-refractivity contribution in [1.82, 2.24) is 4.90 Å². The molecular weight excluding hydrogens is 322 g/mol. The largest absolute Gasteiger partial charge is 0.497 e. The molecule has 0 aliphatic carbocycles. The molecule has 24 heavy (non-hydrogen) atoms. The molecule has 3 rings (SSSR count). The number of methoxy groups -OCH3 is 1. The third-order valence-corrected chi connectivity index (χ3v) is 5.22. The number of carbonyl (C=O) groups excluding carboxylic acids is 1. The van der Waals surface area contributed by atoms with E-state index < -0.39 is 0 Å². The van der Waals surface area contributed by atoms with Crippen molar-refractivity contribution in [3.8, 4) is 11.8 Å². The van der Waals surface area contributed by atoms with Crippen molar-refractivity contribution in [3.63, 3.8) is 0 Å². The van der Waals surface area contributed by atoms with Crippen molar-refractivity contribution in [1.29, 1.82) is 5.26 Å². The van der Waals surface area contributed by atoms with E-state index in [0.29, 0.717) is 18.7 Å². The van der Waals surface area contributed by atoms with Crippen LogP contribution in [0.25, 0.3) is 0 Å². The summed E-state index contributed by atoms with van der Waals surface area (Å²) < 4.78 is 5.25. The second-order valence-corrected chi connectivity index (χ2v) is 6.71. The van der Waals surface area contributed by atoms with Gasteiger partial charge in [-0.05, 0) is 42.6 Å². The lowest BCUT2D eigenvalue weighted by Crippen LogP contribution is -2.39. The van der Waals surface area contributed by atoms with E-state index in [2.05, 4.69) is 11.0 Å². The monoisotopic (exact) mass is 341 g/mol. The number of anilines is 1. The Morgan fingerprint density at radius 1 is 1.46 bits per heavy atom. The summed E-state index contributed by atoms with van der Waals surface area (Å²) in [6, 6.07) is 11.6. The van der Waals surface area contributed by atoms with Gasteiger partial charge in [0.1, 0.15) is 16.8 Å². The maximum Gasteiger partial charge on any atom is 0.245 e. The first-order chi connectivity index (χ1) is 11.6. The van der Waals surface area contributed by atoms with Crippen molar-refractivity contribution >= 4 is 22.2 Å². The van der Waals surface area contributed by atoms with Gasteiger partial charge in [-0.15, -0.1) is 11.3 Å². The predicted molar refractivity (Wildman–Crippen MR) is 94.3 cm³/mol. The van der Waals surface area contributed by atoms with Gasteiger partial charge >= 0.3 is 0 Å². The van der Waals surface area contributed by atoms with Crippen molar-refractivity contribution in [2.75, 3.05) is 25.6 Å². The number of nitrogens with zero attached hydrogens (tertiary/aromatic N) is 3. The molecule has 0 spiro atoms. The highest BCUT2D eigenvalue weighted by Crippen LogP contribution is 2.32. The molecule has 6 heteroatoms. The molecule has 1 aromatic heterocycles. The lowest BCUT2D eigenvalue weighted by molar-refractivity contribution is -0.121. The first-order valence-electron chi connectivity index (χ1n) is 7.76. The van der Waals surface area contributed by atoms with Crippen molar-refractivity contribution in [2.45, 2.75) is 19.0 Å². The van der Waals surface area contributed by atoms with Crippen molar-refractivity contribution < 1.29 is 9.53 Å². The summed E-state index contributed by atoms with van der Waals surface area (Å²) in [7, 11) is 3.61. The van der Waals surface area contributed by atoms with Crippen LogP contribution in [0.5, 0.6) is 5.75 Å². The van der Waals surface area contributed by atoms with Crippen LogP contribution in [0.4, 0.5) is 5.00 Å². The third-order valence-electron chi connectivity index (χ3n) is 4.29. The van der Waals surface area contributed by atoms with E-state index in [1.807, 2.05) is 36.7 Å². The molecular formula is C18H19N3O2S. The summed E-state index contributed by atoms with van der Waals surface area (Å²) in [5, 5.41) is 11.8. The fourth-order valence-corrected chi connectivity index (χ4v) is 3.92. The first-order valence-corrected chi connectivity index (χ1v) is 8.64. The van der Waals surface area contributed by atoms with E-state index in [-0.39, 0.29) is 11.9 Å². The number of amides is 1. The smallest absolute Gasteiger partial charge is 0.245 e. The fourth-order valence-electron chi connectivity index (χ4n) is 3.04. The SMILES string of the molecule is COc1cccc(CN(C)[C@@H]2CCN(c3sccc3C#N)C2=O)c1. The number of carbonyl (C=O) groups is 1. The van der Waals surface area contributed by atoms with Crippen molar-refractivity contribution in [2.24, 2.45) is 0 Å². The molecule has 1 saturated heterocycles. The first kappa shape index (κ1) is 16.5. The molecule has 1 amide bonds. The molecule has 0 radical (unpaired) electrons. The highest BCUT2D eigenvalue weighted by molar-refractivity contribution is 7.14. The Kier molecular flexibility index (Phi) is 4.84. The van der Waals surface area contributed by atoms with E-state index in [1.54, 1.807) is 18.1 Å². The molecule has 2 heterocycles. The van der Waals surface area contributed by atoms with Crippen molar-refractivity contribution in [3.05, 3.63) is 46.8 Å². The van der Waals surface area contributed by atoms with Crippen LogP contribution in [0.15, 0.2) is 35.7 Å². The summed E-state index contributed by atoms with van der Waals surface area (Å²) in [5.74, 6) is 0.886. The number of likely N-dealkylation sites (N-methyl/N-ethyl adjacent to an activating group) is 1. The number of benzene rings is 1. The van der Waals surface area contributed by atoms with E-state index in [0.717, 1.165) is 22.7 Å². The second kappa shape index (κ2) is 7.04. The molecule has 1 aliphatic heterocycles. The van der Waals surface area contributed by atoms with Crippen LogP contribution in [0, 0.1) is 11.3 Å². The Labute approximate surface area is 145 Å². The average molecular weight is 341 g/mol. The van der Waals surface area contributed by atoms with E-state index >= 15 is 0 Å². The molecule has 1 aliphatic rings. The summed E-state index contributed by atoms with van der Waals surface area (Å²) in [4.78, 5) is 16.6. The van der Waals surface area contributed by atoms with Crippen LogP contribution >= 0.6 is 11.3 Å². The molecule has 0 unspecified atom stereocenters. The zero-order valence-electron chi connectivity index (χ0n) is 13.7. The molecule has 1 aromatic carbocycles. The number of hydrogen-bond donors (Lipinski definition) is 0. The van der Waals surface area contributed by atoms with Crippen LogP contribution in [0.2, 0.25) is 0 Å². The normalized spacial score (nSPS) is 17.3. The Balaban J connectivity index is 1.71. The number of rotatable bonds is 5. The zero-order valence-corrected chi connectivity index (χ0v) is 14.5. The summed E-state index contributed by atoms with van der Waals surface area (Å²) in [5.41, 5.74) is 1.68. The zero-order chi connectivity index (χ0) is 17.1. The molecule has 1 atom stereocenters. The Morgan fingerprint density at radius 3 is 3.04 bits per heavy atom. The number of hydrogen-bond acceptors (Lipinski definition) is 5. The maximum atomic E-state index is 12.8. The van der Waals surface area contributed by atoms with Gasteiger partial charge in [0.05, 0.1) is 18.7 Å². The Morgan fingerprint density at radius 2 is 2.29 bits per heavy atom. The summed E-state index contributed by atoms with van der Waals surface area (Å²) >= 11 is 1.45. The van der Waals surface area contributed by atoms with Crippen LogP contribution in [0.1, 0.15) is 17.5 Å². The van der Waals surface area contributed by atoms with E-state index in [9.17, 15) is 4.79 Å². The standard InChI is InChI=1S/C18H19N3O2S/c1-20(12-13-4-3-5-15(10-13)23-2)16-6-8-21(17(16)22)18-14(11-19)7-9-24-18/h3-5,7,9-10,16H,6,8,12H2,1-2H3/t16-/m1/s1. The van der Waals surface area contributed by atoms with Gasteiger partial charge in [0.15, 0.2) is 0 Å². The average Bonchev–Trinajstić information content (AvgIpc) is 3.20. The van der Waals surface area contributed by atoms with Gasteiger partial charge in [-0.1, -0.05) is 12.1 Å². The highest BCUT2D eigenvalue weighted by Gasteiger charge is 2.36. The van der Waals surface area contributed by atoms with Gasteiger partial charge in [-0.25, -0.2) is 0 Å². The summed E-state index contributed by atoms with van der Waals surface area (Å²) in [6.07, 6.45) is 0.766. The number of thiophene rings is 1. The van der Waals surface area contributed by atoms with Gasteiger partial charge < -0.3 is 9.64 Å². The van der Waals surface area contributed by atoms with Gasteiger partial charge in [-0.2, -0.15) is 5.26 Å². The van der Waals surface area contributed by atoms with E-state index in [4.69, 9.17) is 10.00 Å². The molecule has 5 nitrogen and oxygen atoms in total. The van der Waals surface area contributed by atoms with Crippen LogP contribution in [-0.4, -0.2) is 37.6 Å². The Hall–Kier alpha value is -2.36. The quantitative estimate of drug-likeness (QED) is 0.839. The summed E-state index contributed by atoms with van der Waals surface area (Å²) in [6.45, 7) is 1.33. The predicted octanol–water partition coefficient (Wildman–Crippen LogP) is 2.87. The number of nitriles is 1. The molecule has 0 N–H and O–H groups in total. The Bertz CT molecular complexity index is 781. The van der Waals surface area contributed by atoms with Gasteiger partial charge in [0.25, 0.3) is 0 Å². The topological polar surface area (TPSA) is 56.6 Å². The van der Waals surface area contributed by atoms with E-state index in [1.165, 1.54) is 11.3 Å². The van der Waals surface area contributed by atoms with Gasteiger partial charge in [0, 0.05) is 13.1 Å². The highest BCUT2D eigenvalue weighted by atomic mass is 32.1. The minimum absolute atomic E-state index is 0.0688. The second-order valence-electron chi connectivity index (χ2n) is 5.81. The number of ether oxygens (including phenoxy) is 1. The lowest BCUT2D eigenvalue weighted by atomic mass is 10.1. The fraction of sp³-hybridized carbons (Fsp3) is 0.333.